The third-order valence-electron chi connectivity index (χ3n) is 3.20. The number of amides is 1. The van der Waals surface area contributed by atoms with E-state index in [0.29, 0.717) is 0 Å². The van der Waals surface area contributed by atoms with Crippen LogP contribution in [0, 0.1) is 15.5 Å². The molecule has 0 radical (unpaired) electrons. The number of sulfonamides is 1. The average Bonchev–Trinajstić information content (AvgIpc) is 2.59. The summed E-state index contributed by atoms with van der Waals surface area (Å²) in [5.74, 6) is 0. The number of rotatable bonds is 7. The smallest absolute Gasteiger partial charge is 0.407 e. The maximum absolute atomic E-state index is 12.4. The van der Waals surface area contributed by atoms with E-state index in [1.54, 1.807) is 34.6 Å². The molecule has 0 spiro atoms. The minimum atomic E-state index is -4.07. The minimum absolute atomic E-state index is 0.0306. The molecule has 1 aromatic carbocycles. The number of hydrogen-bond donors (Lipinski definition) is 2. The molecule has 28 heavy (non-hydrogen) atoms. The first-order valence-electron chi connectivity index (χ1n) is 8.93. The van der Waals surface area contributed by atoms with Crippen LogP contribution in [-0.2, 0) is 14.8 Å². The molecule has 1 rings (SSSR count). The molecule has 0 saturated carbocycles. The Kier molecular flexibility index (Phi) is 9.56. The van der Waals surface area contributed by atoms with E-state index in [1.165, 1.54) is 18.2 Å². The molecule has 0 unspecified atom stereocenters. The van der Waals surface area contributed by atoms with Gasteiger partial charge in [-0.15, -0.1) is 0 Å². The largest absolute Gasteiger partial charge is 0.444 e. The topological polar surface area (TPSA) is 128 Å². The van der Waals surface area contributed by atoms with Crippen LogP contribution in [0.1, 0.15) is 48.5 Å². The number of nitro benzene ring substituents is 1. The Labute approximate surface area is 167 Å². The molecule has 0 bridgehead atoms. The molecule has 0 aliphatic rings. The summed E-state index contributed by atoms with van der Waals surface area (Å²) in [5, 5.41) is 13.6. The first-order valence-corrected chi connectivity index (χ1v) is 10.4. The number of alkyl carbamates (subject to hydrolysis) is 1. The third-order valence-corrected chi connectivity index (χ3v) is 4.65. The lowest BCUT2D eigenvalue weighted by molar-refractivity contribution is -0.387. The van der Waals surface area contributed by atoms with Gasteiger partial charge in [0.15, 0.2) is 4.90 Å². The highest BCUT2D eigenvalue weighted by molar-refractivity contribution is 7.89. The highest BCUT2D eigenvalue weighted by Crippen LogP contribution is 2.23. The lowest BCUT2D eigenvalue weighted by Crippen LogP contribution is -2.43. The number of ether oxygens (including phenoxy) is 1. The normalized spacial score (nSPS) is 11.8. The molecule has 0 saturated heterocycles. The maximum Gasteiger partial charge on any atom is 0.407 e. The number of carbonyl (C=O) groups excluding carboxylic acids is 1. The van der Waals surface area contributed by atoms with E-state index >= 15 is 0 Å². The second-order valence-electron chi connectivity index (χ2n) is 7.57. The lowest BCUT2D eigenvalue weighted by atomic mass is 9.94. The van der Waals surface area contributed by atoms with Gasteiger partial charge in [-0.05, 0) is 32.3 Å². The average molecular weight is 418 g/mol. The third kappa shape index (κ3) is 9.14. The number of nitro groups is 1. The van der Waals surface area contributed by atoms with Gasteiger partial charge in [-0.2, -0.15) is 0 Å². The molecule has 0 aliphatic carbocycles. The SMILES string of the molecule is CC.CC(C)(CNC(=O)OC(C)(C)C)CNS(=O)(=O)c1ccccc1[N+](=O)[O-]. The van der Waals surface area contributed by atoms with E-state index in [4.69, 9.17) is 4.74 Å². The molecule has 0 fully saturated rings. The zero-order valence-electron chi connectivity index (χ0n) is 17.5. The summed E-state index contributed by atoms with van der Waals surface area (Å²) < 4.78 is 32.3. The predicted octanol–water partition coefficient (Wildman–Crippen LogP) is 3.45. The number of nitrogens with one attached hydrogen (secondary N) is 2. The number of benzene rings is 1. The maximum atomic E-state index is 12.4. The van der Waals surface area contributed by atoms with E-state index in [9.17, 15) is 23.3 Å². The van der Waals surface area contributed by atoms with Gasteiger partial charge >= 0.3 is 6.09 Å². The highest BCUT2D eigenvalue weighted by Gasteiger charge is 2.28. The molecule has 0 aromatic heterocycles. The van der Waals surface area contributed by atoms with Crippen LogP contribution in [-0.4, -0.2) is 38.1 Å². The Morgan fingerprint density at radius 1 is 1.11 bits per heavy atom. The quantitative estimate of drug-likeness (QED) is 0.516. The van der Waals surface area contributed by atoms with Crippen molar-refractivity contribution in [2.45, 2.75) is 59.0 Å². The fourth-order valence-electron chi connectivity index (χ4n) is 1.89. The van der Waals surface area contributed by atoms with Gasteiger partial charge < -0.3 is 10.1 Å². The van der Waals surface area contributed by atoms with Crippen LogP contribution in [0.5, 0.6) is 0 Å². The standard InChI is InChI=1S/C16H25N3O6S.C2H6/c1-15(2,3)25-14(20)17-10-16(4,5)11-18-26(23,24)13-9-7-6-8-12(13)19(21)22;1-2/h6-9,18H,10-11H2,1-5H3,(H,17,20);1-2H3. The molecule has 0 heterocycles. The molecule has 1 aromatic rings. The second kappa shape index (κ2) is 10.4. The van der Waals surface area contributed by atoms with Gasteiger partial charge in [-0.3, -0.25) is 10.1 Å². The zero-order chi connectivity index (χ0) is 22.2. The first-order chi connectivity index (χ1) is 12.7. The Morgan fingerprint density at radius 3 is 2.14 bits per heavy atom. The van der Waals surface area contributed by atoms with Gasteiger partial charge in [-0.1, -0.05) is 39.8 Å². The minimum Gasteiger partial charge on any atom is -0.444 e. The van der Waals surface area contributed by atoms with Crippen LogP contribution < -0.4 is 10.0 Å². The van der Waals surface area contributed by atoms with Gasteiger partial charge in [0, 0.05) is 19.2 Å². The second-order valence-corrected chi connectivity index (χ2v) is 9.30. The molecule has 2 N–H and O–H groups in total. The summed E-state index contributed by atoms with van der Waals surface area (Å²) in [6.07, 6.45) is -0.605. The van der Waals surface area contributed by atoms with Crippen LogP contribution >= 0.6 is 0 Å². The molecule has 0 atom stereocenters. The van der Waals surface area contributed by atoms with E-state index in [0.717, 1.165) is 6.07 Å². The molecule has 0 aliphatic heterocycles. The van der Waals surface area contributed by atoms with Crippen molar-refractivity contribution in [3.63, 3.8) is 0 Å². The predicted molar refractivity (Wildman–Crippen MR) is 108 cm³/mol. The zero-order valence-corrected chi connectivity index (χ0v) is 18.3. The molecule has 10 heteroatoms. The summed E-state index contributed by atoms with van der Waals surface area (Å²) in [6.45, 7) is 12.8. The van der Waals surface area contributed by atoms with Crippen LogP contribution in [0.3, 0.4) is 0 Å². The summed E-state index contributed by atoms with van der Waals surface area (Å²) in [7, 11) is -4.07. The van der Waals surface area contributed by atoms with Gasteiger partial charge in [0.1, 0.15) is 5.60 Å². The Bertz CT molecular complexity index is 770. The van der Waals surface area contributed by atoms with Crippen molar-refractivity contribution in [1.82, 2.24) is 10.0 Å². The van der Waals surface area contributed by atoms with Gasteiger partial charge in [-0.25, -0.2) is 17.9 Å². The van der Waals surface area contributed by atoms with E-state index < -0.39 is 42.6 Å². The summed E-state index contributed by atoms with van der Waals surface area (Å²) >= 11 is 0. The van der Waals surface area contributed by atoms with Crippen molar-refractivity contribution < 1.29 is 22.9 Å². The van der Waals surface area contributed by atoms with Gasteiger partial charge in [0.05, 0.1) is 4.92 Å². The summed E-state index contributed by atoms with van der Waals surface area (Å²) in [6, 6.07) is 5.11. The van der Waals surface area contributed by atoms with Crippen LogP contribution in [0.4, 0.5) is 10.5 Å². The van der Waals surface area contributed by atoms with Crippen molar-refractivity contribution in [3.8, 4) is 0 Å². The number of hydrogen-bond acceptors (Lipinski definition) is 6. The molecule has 160 valence electrons. The molecular formula is C18H31N3O6S. The van der Waals surface area contributed by atoms with Crippen molar-refractivity contribution in [3.05, 3.63) is 34.4 Å². The van der Waals surface area contributed by atoms with Crippen LogP contribution in [0.15, 0.2) is 29.2 Å². The van der Waals surface area contributed by atoms with Crippen molar-refractivity contribution in [2.24, 2.45) is 5.41 Å². The van der Waals surface area contributed by atoms with E-state index in [1.807, 2.05) is 13.8 Å². The van der Waals surface area contributed by atoms with Crippen LogP contribution in [0.2, 0.25) is 0 Å². The summed E-state index contributed by atoms with van der Waals surface area (Å²) in [4.78, 5) is 21.6. The highest BCUT2D eigenvalue weighted by atomic mass is 32.2. The monoisotopic (exact) mass is 417 g/mol. The fourth-order valence-corrected chi connectivity index (χ4v) is 3.30. The molecule has 1 amide bonds. The van der Waals surface area contributed by atoms with Gasteiger partial charge in [0.25, 0.3) is 5.69 Å². The van der Waals surface area contributed by atoms with Gasteiger partial charge in [0.2, 0.25) is 10.0 Å². The van der Waals surface area contributed by atoms with Crippen molar-refractivity contribution in [2.75, 3.05) is 13.1 Å². The lowest BCUT2D eigenvalue weighted by Gasteiger charge is -2.26. The number of nitrogens with zero attached hydrogens (tertiary/aromatic N) is 1. The molecular weight excluding hydrogens is 386 g/mol. The number of carbonyl (C=O) groups is 1. The van der Waals surface area contributed by atoms with E-state index in [2.05, 4.69) is 10.0 Å². The van der Waals surface area contributed by atoms with Crippen molar-refractivity contribution >= 4 is 21.8 Å². The Hall–Kier alpha value is -2.20. The first kappa shape index (κ1) is 25.8. The Morgan fingerprint density at radius 2 is 1.64 bits per heavy atom. The van der Waals surface area contributed by atoms with E-state index in [-0.39, 0.29) is 13.1 Å². The Balaban J connectivity index is 0.00000352. The van der Waals surface area contributed by atoms with Crippen LogP contribution in [0.25, 0.3) is 0 Å². The fraction of sp³-hybridized carbons (Fsp3) is 0.611. The summed E-state index contributed by atoms with van der Waals surface area (Å²) in [5.41, 5.74) is -1.78. The van der Waals surface area contributed by atoms with Crippen molar-refractivity contribution in [1.29, 1.82) is 0 Å². The molecule has 9 nitrogen and oxygen atoms in total. The number of para-hydroxylation sites is 1.